The van der Waals surface area contributed by atoms with Crippen molar-refractivity contribution in [1.29, 1.82) is 0 Å². The second-order valence-electron chi connectivity index (χ2n) is 10.7. The highest BCUT2D eigenvalue weighted by Gasteiger charge is 2.31. The number of carboxylic acids is 2. The summed E-state index contributed by atoms with van der Waals surface area (Å²) in [7, 11) is 0. The van der Waals surface area contributed by atoms with Crippen LogP contribution >= 0.6 is 23.5 Å². The van der Waals surface area contributed by atoms with Gasteiger partial charge in [-0.3, -0.25) is 29.0 Å². The first kappa shape index (κ1) is 33.7. The SMILES string of the molecule is CC(C)NCCSC1CCC1SCCNC(=O)CN(CCN(CC(=O)O)CC(=O)C(C)(C)C)CC(=O)O. The number of amides is 1. The van der Waals surface area contributed by atoms with E-state index in [1.54, 1.807) is 20.8 Å². The van der Waals surface area contributed by atoms with Crippen LogP contribution in [0.25, 0.3) is 0 Å². The van der Waals surface area contributed by atoms with Crippen molar-refractivity contribution < 1.29 is 29.4 Å². The van der Waals surface area contributed by atoms with E-state index in [1.165, 1.54) is 22.6 Å². The number of thioether (sulfide) groups is 2. The van der Waals surface area contributed by atoms with Gasteiger partial charge in [-0.2, -0.15) is 23.5 Å². The van der Waals surface area contributed by atoms with Gasteiger partial charge in [0.05, 0.1) is 26.2 Å². The van der Waals surface area contributed by atoms with Crippen molar-refractivity contribution in [2.75, 3.05) is 63.9 Å². The number of carbonyl (C=O) groups is 4. The molecule has 0 heterocycles. The van der Waals surface area contributed by atoms with Gasteiger partial charge in [-0.25, -0.2) is 0 Å². The molecule has 1 aliphatic carbocycles. The lowest BCUT2D eigenvalue weighted by atomic mass is 9.90. The summed E-state index contributed by atoms with van der Waals surface area (Å²) in [5.74, 6) is -0.607. The van der Waals surface area contributed by atoms with E-state index in [-0.39, 0.29) is 51.0 Å². The fourth-order valence-corrected chi connectivity index (χ4v) is 6.41. The van der Waals surface area contributed by atoms with E-state index in [4.69, 9.17) is 0 Å². The molecule has 37 heavy (non-hydrogen) atoms. The van der Waals surface area contributed by atoms with Gasteiger partial charge >= 0.3 is 11.9 Å². The number of carboxylic acid groups (broad SMARTS) is 2. The third-order valence-electron chi connectivity index (χ3n) is 5.91. The highest BCUT2D eigenvalue weighted by Crippen LogP contribution is 2.39. The lowest BCUT2D eigenvalue weighted by molar-refractivity contribution is -0.141. The molecule has 1 saturated carbocycles. The molecule has 2 atom stereocenters. The normalized spacial score (nSPS) is 17.7. The molecule has 1 fully saturated rings. The van der Waals surface area contributed by atoms with E-state index in [9.17, 15) is 29.4 Å². The van der Waals surface area contributed by atoms with Gasteiger partial charge < -0.3 is 20.8 Å². The first-order chi connectivity index (χ1) is 17.3. The maximum Gasteiger partial charge on any atom is 0.317 e. The smallest absolute Gasteiger partial charge is 0.317 e. The van der Waals surface area contributed by atoms with Crippen molar-refractivity contribution in [3.63, 3.8) is 0 Å². The fraction of sp³-hybridized carbons (Fsp3) is 0.840. The topological polar surface area (TPSA) is 139 Å². The summed E-state index contributed by atoms with van der Waals surface area (Å²) >= 11 is 3.89. The lowest BCUT2D eigenvalue weighted by Crippen LogP contribution is -2.46. The standard InChI is InChI=1S/C25H46N4O6S2/c1-18(2)26-8-12-36-19-6-7-20(19)37-13-9-27-22(31)15-29(17-24(34)35)11-10-28(16-23(32)33)14-21(30)25(3,4)5/h18-20,26H,6-17H2,1-5H3,(H,27,31)(H,32,33)(H,34,35). The van der Waals surface area contributed by atoms with Gasteiger partial charge in [-0.05, 0) is 12.8 Å². The van der Waals surface area contributed by atoms with E-state index in [2.05, 4.69) is 24.5 Å². The molecule has 12 heteroatoms. The zero-order valence-corrected chi connectivity index (χ0v) is 24.6. The monoisotopic (exact) mass is 562 g/mol. The molecular formula is C25H46N4O6S2. The van der Waals surface area contributed by atoms with E-state index in [0.29, 0.717) is 23.1 Å². The Morgan fingerprint density at radius 3 is 1.76 bits per heavy atom. The largest absolute Gasteiger partial charge is 0.480 e. The number of Topliss-reactive ketones (excluding diaryl/α,β-unsaturated/α-hetero) is 1. The van der Waals surface area contributed by atoms with Gasteiger partial charge in [0.1, 0.15) is 0 Å². The lowest BCUT2D eigenvalue weighted by Gasteiger charge is -2.35. The van der Waals surface area contributed by atoms with Crippen LogP contribution in [0, 0.1) is 5.41 Å². The van der Waals surface area contributed by atoms with Crippen molar-refractivity contribution in [2.24, 2.45) is 5.41 Å². The molecule has 0 aromatic heterocycles. The van der Waals surface area contributed by atoms with E-state index in [1.807, 2.05) is 23.5 Å². The van der Waals surface area contributed by atoms with Gasteiger partial charge in [0.2, 0.25) is 5.91 Å². The summed E-state index contributed by atoms with van der Waals surface area (Å²) in [5, 5.41) is 26.0. The summed E-state index contributed by atoms with van der Waals surface area (Å²) in [5.41, 5.74) is -0.613. The van der Waals surface area contributed by atoms with Crippen molar-refractivity contribution >= 4 is 47.2 Å². The summed E-state index contributed by atoms with van der Waals surface area (Å²) in [6.45, 7) is 10.6. The van der Waals surface area contributed by atoms with Gasteiger partial charge in [0, 0.05) is 59.6 Å². The predicted molar refractivity (Wildman–Crippen MR) is 150 cm³/mol. The average Bonchev–Trinajstić information content (AvgIpc) is 2.74. The van der Waals surface area contributed by atoms with Gasteiger partial charge in [-0.15, -0.1) is 0 Å². The number of hydrogen-bond donors (Lipinski definition) is 4. The molecule has 0 aliphatic heterocycles. The van der Waals surface area contributed by atoms with Gasteiger partial charge in [-0.1, -0.05) is 34.6 Å². The molecule has 0 aromatic rings. The van der Waals surface area contributed by atoms with Crippen molar-refractivity contribution in [1.82, 2.24) is 20.4 Å². The van der Waals surface area contributed by atoms with Crippen LogP contribution in [-0.4, -0.2) is 124 Å². The number of rotatable bonds is 20. The Balaban J connectivity index is 2.42. The van der Waals surface area contributed by atoms with Crippen LogP contribution in [0.15, 0.2) is 0 Å². The Morgan fingerprint density at radius 1 is 0.838 bits per heavy atom. The fourth-order valence-electron chi connectivity index (χ4n) is 3.57. The summed E-state index contributed by atoms with van der Waals surface area (Å²) in [6.07, 6.45) is 2.44. The van der Waals surface area contributed by atoms with Crippen LogP contribution in [-0.2, 0) is 19.2 Å². The van der Waals surface area contributed by atoms with Crippen LogP contribution in [0.1, 0.15) is 47.5 Å². The highest BCUT2D eigenvalue weighted by atomic mass is 32.2. The first-order valence-corrected chi connectivity index (χ1v) is 15.0. The third kappa shape index (κ3) is 15.6. The van der Waals surface area contributed by atoms with Crippen LogP contribution in [0.2, 0.25) is 0 Å². The molecule has 0 saturated heterocycles. The number of aliphatic carboxylic acids is 2. The molecule has 1 rings (SSSR count). The van der Waals surface area contributed by atoms with Crippen LogP contribution in [0.3, 0.4) is 0 Å². The molecule has 0 aromatic carbocycles. The summed E-state index contributed by atoms with van der Waals surface area (Å²) in [4.78, 5) is 50.3. The minimum absolute atomic E-state index is 0.0468. The Kier molecular flexibility index (Phi) is 15.7. The molecule has 0 radical (unpaired) electrons. The van der Waals surface area contributed by atoms with Crippen molar-refractivity contribution in [3.8, 4) is 0 Å². The molecular weight excluding hydrogens is 516 g/mol. The summed E-state index contributed by atoms with van der Waals surface area (Å²) < 4.78 is 0. The number of hydrogen-bond acceptors (Lipinski definition) is 9. The molecule has 214 valence electrons. The van der Waals surface area contributed by atoms with Crippen molar-refractivity contribution in [3.05, 3.63) is 0 Å². The van der Waals surface area contributed by atoms with Crippen molar-refractivity contribution in [2.45, 2.75) is 64.0 Å². The Labute approximate surface area is 230 Å². The quantitative estimate of drug-likeness (QED) is 0.161. The van der Waals surface area contributed by atoms with E-state index >= 15 is 0 Å². The third-order valence-corrected chi connectivity index (χ3v) is 8.95. The molecule has 2 unspecified atom stereocenters. The van der Waals surface area contributed by atoms with Gasteiger partial charge in [0.15, 0.2) is 5.78 Å². The Hall–Kier alpha value is -1.34. The molecule has 1 aliphatic rings. The Bertz CT molecular complexity index is 747. The maximum absolute atomic E-state index is 12.5. The number of ketones is 1. The van der Waals surface area contributed by atoms with Crippen LogP contribution < -0.4 is 10.6 Å². The number of carbonyl (C=O) groups excluding carboxylic acids is 2. The van der Waals surface area contributed by atoms with E-state index < -0.39 is 17.4 Å². The number of nitrogens with zero attached hydrogens (tertiary/aromatic N) is 2. The molecule has 0 bridgehead atoms. The maximum atomic E-state index is 12.5. The molecule has 1 amide bonds. The van der Waals surface area contributed by atoms with Crippen LogP contribution in [0.4, 0.5) is 0 Å². The molecule has 4 N–H and O–H groups in total. The first-order valence-electron chi connectivity index (χ1n) is 12.9. The van der Waals surface area contributed by atoms with E-state index in [0.717, 1.165) is 18.1 Å². The minimum Gasteiger partial charge on any atom is -0.480 e. The predicted octanol–water partition coefficient (Wildman–Crippen LogP) is 1.49. The molecule has 0 spiro atoms. The van der Waals surface area contributed by atoms with Crippen LogP contribution in [0.5, 0.6) is 0 Å². The summed E-state index contributed by atoms with van der Waals surface area (Å²) in [6, 6.07) is 0.503. The molecule has 10 nitrogen and oxygen atoms in total. The second-order valence-corrected chi connectivity index (χ2v) is 13.4. The highest BCUT2D eigenvalue weighted by molar-refractivity contribution is 8.04. The zero-order chi connectivity index (χ0) is 28.0. The number of nitrogens with one attached hydrogen (secondary N) is 2. The second kappa shape index (κ2) is 17.3. The zero-order valence-electron chi connectivity index (χ0n) is 23.0. The minimum atomic E-state index is -1.07. The van der Waals surface area contributed by atoms with Gasteiger partial charge in [0.25, 0.3) is 0 Å². The Morgan fingerprint density at radius 2 is 1.32 bits per heavy atom. The average molecular weight is 563 g/mol.